The van der Waals surface area contributed by atoms with E-state index in [2.05, 4.69) is 10.1 Å². The fourth-order valence-corrected chi connectivity index (χ4v) is 0.570. The zero-order chi connectivity index (χ0) is 7.28. The summed E-state index contributed by atoms with van der Waals surface area (Å²) < 4.78 is 0. The molecule has 9 heavy (non-hydrogen) atoms. The van der Waals surface area contributed by atoms with E-state index in [0.29, 0.717) is 0 Å². The van der Waals surface area contributed by atoms with Crippen LogP contribution >= 0.6 is 0 Å². The van der Waals surface area contributed by atoms with Gasteiger partial charge in [0.2, 0.25) is 0 Å². The Kier molecular flexibility index (Phi) is 3.67. The Morgan fingerprint density at radius 2 is 2.11 bits per heavy atom. The molecule has 0 aromatic carbocycles. The smallest absolute Gasteiger partial charge is 0.0804 e. The van der Waals surface area contributed by atoms with Crippen LogP contribution in [0.5, 0.6) is 0 Å². The van der Waals surface area contributed by atoms with Crippen molar-refractivity contribution in [2.24, 2.45) is 15.9 Å². The third-order valence-corrected chi connectivity index (χ3v) is 1.24. The van der Waals surface area contributed by atoms with Crippen molar-refractivity contribution < 1.29 is 0 Å². The van der Waals surface area contributed by atoms with E-state index in [1.165, 1.54) is 0 Å². The summed E-state index contributed by atoms with van der Waals surface area (Å²) in [5.74, 6) is 5.07. The molecular formula is C6H13N3. The van der Waals surface area contributed by atoms with Gasteiger partial charge in [0, 0.05) is 7.05 Å². The predicted molar refractivity (Wildman–Crippen MR) is 40.9 cm³/mol. The number of hydrogen-bond donors (Lipinski definition) is 1. The van der Waals surface area contributed by atoms with Gasteiger partial charge in [-0.15, -0.1) is 0 Å². The Morgan fingerprint density at radius 1 is 1.56 bits per heavy atom. The number of rotatable bonds is 2. The summed E-state index contributed by atoms with van der Waals surface area (Å²) in [4.78, 5) is 3.94. The van der Waals surface area contributed by atoms with Gasteiger partial charge in [-0.3, -0.25) is 4.99 Å². The molecule has 0 spiro atoms. The number of aliphatic imine (C=N–C) groups is 1. The van der Waals surface area contributed by atoms with Crippen LogP contribution in [0.3, 0.4) is 0 Å². The first-order valence-electron chi connectivity index (χ1n) is 2.96. The van der Waals surface area contributed by atoms with Crippen molar-refractivity contribution in [3.8, 4) is 0 Å². The standard InChI is InChI=1S/C6H13N3/c1-4-6(9-7)5(2)8-3/h4,7H2,1-3H3. The van der Waals surface area contributed by atoms with Crippen LogP contribution in [0.4, 0.5) is 0 Å². The average Bonchev–Trinajstić information content (AvgIpc) is 1.90. The summed E-state index contributed by atoms with van der Waals surface area (Å²) in [7, 11) is 1.73. The predicted octanol–water partition coefficient (Wildman–Crippen LogP) is 0.802. The van der Waals surface area contributed by atoms with Gasteiger partial charge in [-0.05, 0) is 13.3 Å². The molecule has 0 aliphatic heterocycles. The van der Waals surface area contributed by atoms with Crippen LogP contribution in [0.1, 0.15) is 20.3 Å². The molecule has 0 aliphatic rings. The molecule has 3 heteroatoms. The van der Waals surface area contributed by atoms with Crippen LogP contribution in [0.15, 0.2) is 10.1 Å². The van der Waals surface area contributed by atoms with E-state index in [1.807, 2.05) is 13.8 Å². The fraction of sp³-hybridized carbons (Fsp3) is 0.667. The highest BCUT2D eigenvalue weighted by atomic mass is 15.1. The van der Waals surface area contributed by atoms with E-state index in [1.54, 1.807) is 7.05 Å². The lowest BCUT2D eigenvalue weighted by molar-refractivity contribution is 1.19. The van der Waals surface area contributed by atoms with Gasteiger partial charge < -0.3 is 5.84 Å². The highest BCUT2D eigenvalue weighted by Crippen LogP contribution is 1.86. The quantitative estimate of drug-likeness (QED) is 0.333. The molecule has 0 amide bonds. The lowest BCUT2D eigenvalue weighted by atomic mass is 10.2. The SMILES string of the molecule is CCC(=NN)C(C)=NC. The Bertz CT molecular complexity index is 135. The molecular weight excluding hydrogens is 114 g/mol. The van der Waals surface area contributed by atoms with E-state index in [9.17, 15) is 0 Å². The maximum atomic E-state index is 5.07. The van der Waals surface area contributed by atoms with Crippen LogP contribution in [0, 0.1) is 0 Å². The average molecular weight is 127 g/mol. The van der Waals surface area contributed by atoms with E-state index in [0.717, 1.165) is 17.8 Å². The minimum absolute atomic E-state index is 0.847. The summed E-state index contributed by atoms with van der Waals surface area (Å²) in [5.41, 5.74) is 1.79. The van der Waals surface area contributed by atoms with Gasteiger partial charge in [0.15, 0.2) is 0 Å². The van der Waals surface area contributed by atoms with Crippen molar-refractivity contribution in [1.29, 1.82) is 0 Å². The fourth-order valence-electron chi connectivity index (χ4n) is 0.570. The van der Waals surface area contributed by atoms with Crippen molar-refractivity contribution in [2.45, 2.75) is 20.3 Å². The zero-order valence-corrected chi connectivity index (χ0v) is 6.18. The summed E-state index contributed by atoms with van der Waals surface area (Å²) in [6.07, 6.45) is 0.847. The second-order valence-corrected chi connectivity index (χ2v) is 1.74. The summed E-state index contributed by atoms with van der Waals surface area (Å²) in [6, 6.07) is 0. The zero-order valence-electron chi connectivity index (χ0n) is 6.18. The van der Waals surface area contributed by atoms with Crippen molar-refractivity contribution in [3.63, 3.8) is 0 Å². The van der Waals surface area contributed by atoms with Crippen molar-refractivity contribution in [1.82, 2.24) is 0 Å². The molecule has 3 nitrogen and oxygen atoms in total. The highest BCUT2D eigenvalue weighted by molar-refractivity contribution is 6.41. The monoisotopic (exact) mass is 127 g/mol. The minimum atomic E-state index is 0.847. The first kappa shape index (κ1) is 8.14. The second kappa shape index (κ2) is 4.06. The Labute approximate surface area is 55.7 Å². The third-order valence-electron chi connectivity index (χ3n) is 1.24. The number of nitrogens with two attached hydrogens (primary N) is 1. The van der Waals surface area contributed by atoms with E-state index in [4.69, 9.17) is 5.84 Å². The molecule has 2 N–H and O–H groups in total. The largest absolute Gasteiger partial charge is 0.323 e. The molecule has 52 valence electrons. The van der Waals surface area contributed by atoms with Gasteiger partial charge in [-0.1, -0.05) is 6.92 Å². The van der Waals surface area contributed by atoms with Gasteiger partial charge in [0.25, 0.3) is 0 Å². The molecule has 0 radical (unpaired) electrons. The maximum Gasteiger partial charge on any atom is 0.0804 e. The molecule has 0 aliphatic carbocycles. The lowest BCUT2D eigenvalue weighted by Gasteiger charge is -1.97. The normalized spacial score (nSPS) is 14.1. The van der Waals surface area contributed by atoms with Crippen LogP contribution < -0.4 is 5.84 Å². The van der Waals surface area contributed by atoms with Gasteiger partial charge in [-0.25, -0.2) is 0 Å². The number of hydrogen-bond acceptors (Lipinski definition) is 3. The maximum absolute atomic E-state index is 5.07. The summed E-state index contributed by atoms with van der Waals surface area (Å²) in [5, 5.41) is 3.56. The van der Waals surface area contributed by atoms with Crippen LogP contribution in [-0.2, 0) is 0 Å². The molecule has 0 bridgehead atoms. The third kappa shape index (κ3) is 2.26. The number of nitrogens with zero attached hydrogens (tertiary/aromatic N) is 2. The van der Waals surface area contributed by atoms with E-state index >= 15 is 0 Å². The van der Waals surface area contributed by atoms with Gasteiger partial charge >= 0.3 is 0 Å². The second-order valence-electron chi connectivity index (χ2n) is 1.74. The highest BCUT2D eigenvalue weighted by Gasteiger charge is 1.96. The molecule has 0 rings (SSSR count). The number of hydrazone groups is 1. The molecule has 0 unspecified atom stereocenters. The molecule has 0 fully saturated rings. The topological polar surface area (TPSA) is 50.7 Å². The minimum Gasteiger partial charge on any atom is -0.323 e. The molecule has 0 saturated carbocycles. The molecule has 0 aromatic rings. The van der Waals surface area contributed by atoms with Crippen LogP contribution in [-0.4, -0.2) is 18.5 Å². The van der Waals surface area contributed by atoms with Gasteiger partial charge in [0.05, 0.1) is 11.4 Å². The summed E-state index contributed by atoms with van der Waals surface area (Å²) in [6.45, 7) is 3.90. The van der Waals surface area contributed by atoms with Crippen molar-refractivity contribution in [2.75, 3.05) is 7.05 Å². The Balaban J connectivity index is 4.14. The van der Waals surface area contributed by atoms with Crippen LogP contribution in [0.25, 0.3) is 0 Å². The Morgan fingerprint density at radius 3 is 2.22 bits per heavy atom. The first-order chi connectivity index (χ1) is 4.26. The summed E-state index contributed by atoms with van der Waals surface area (Å²) >= 11 is 0. The Hall–Kier alpha value is -0.860. The molecule has 0 aromatic heterocycles. The first-order valence-corrected chi connectivity index (χ1v) is 2.96. The van der Waals surface area contributed by atoms with Gasteiger partial charge in [-0.2, -0.15) is 5.10 Å². The molecule has 0 saturated heterocycles. The van der Waals surface area contributed by atoms with Crippen molar-refractivity contribution >= 4 is 11.4 Å². The van der Waals surface area contributed by atoms with Crippen molar-refractivity contribution in [3.05, 3.63) is 0 Å². The van der Waals surface area contributed by atoms with Gasteiger partial charge in [0.1, 0.15) is 0 Å². The molecule has 0 atom stereocenters. The van der Waals surface area contributed by atoms with Crippen LogP contribution in [0.2, 0.25) is 0 Å². The van der Waals surface area contributed by atoms with E-state index < -0.39 is 0 Å². The van der Waals surface area contributed by atoms with E-state index in [-0.39, 0.29) is 0 Å². The molecule has 0 heterocycles. The lowest BCUT2D eigenvalue weighted by Crippen LogP contribution is -2.11.